The minimum Gasteiger partial charge on any atom is -0.507 e. The zero-order valence-corrected chi connectivity index (χ0v) is 14.7. The zero-order valence-electron chi connectivity index (χ0n) is 14.7. The van der Waals surface area contributed by atoms with Crippen LogP contribution in [0.3, 0.4) is 0 Å². The van der Waals surface area contributed by atoms with Crippen molar-refractivity contribution in [2.24, 2.45) is 5.10 Å². The lowest BCUT2D eigenvalue weighted by Crippen LogP contribution is -1.99. The molecule has 3 rings (SSSR count). The molecule has 6 nitrogen and oxygen atoms in total. The van der Waals surface area contributed by atoms with Crippen LogP contribution in [0, 0.1) is 6.92 Å². The lowest BCUT2D eigenvalue weighted by Gasteiger charge is -2.06. The van der Waals surface area contributed by atoms with E-state index in [-0.39, 0.29) is 5.75 Å². The smallest absolute Gasteiger partial charge is 0.150 e. The van der Waals surface area contributed by atoms with Gasteiger partial charge in [-0.1, -0.05) is 30.3 Å². The largest absolute Gasteiger partial charge is 0.507 e. The standard InChI is InChI=1S/C20H20N4O2/c1-3-26-17-10-9-16(19(25)11-17)13-21-24-20-12-18(22-14(2)23-20)15-7-5-4-6-8-15/h4-13,25H,3H2,1-2H3,(H,22,23,24)/b21-13-. The van der Waals surface area contributed by atoms with Crippen molar-refractivity contribution >= 4 is 12.0 Å². The molecule has 0 radical (unpaired) electrons. The number of aryl methyl sites for hydroxylation is 1. The number of aromatic nitrogens is 2. The Morgan fingerprint density at radius 2 is 1.92 bits per heavy atom. The molecule has 1 heterocycles. The number of hydrogen-bond donors (Lipinski definition) is 2. The normalized spacial score (nSPS) is 10.8. The Morgan fingerprint density at radius 1 is 1.12 bits per heavy atom. The molecule has 0 spiro atoms. The molecule has 0 aliphatic heterocycles. The van der Waals surface area contributed by atoms with Crippen molar-refractivity contribution in [2.75, 3.05) is 12.0 Å². The SMILES string of the molecule is CCOc1ccc(/C=N\Nc2cc(-c3ccccc3)nc(C)n2)c(O)c1. The number of nitrogens with one attached hydrogen (secondary N) is 1. The summed E-state index contributed by atoms with van der Waals surface area (Å²) in [6.45, 7) is 4.27. The Labute approximate surface area is 152 Å². The average Bonchev–Trinajstić information content (AvgIpc) is 2.64. The molecule has 0 atom stereocenters. The lowest BCUT2D eigenvalue weighted by atomic mass is 10.1. The second-order valence-corrected chi connectivity index (χ2v) is 5.58. The molecule has 0 aliphatic rings. The van der Waals surface area contributed by atoms with Gasteiger partial charge >= 0.3 is 0 Å². The Kier molecular flexibility index (Phi) is 5.43. The molecule has 0 amide bonds. The summed E-state index contributed by atoms with van der Waals surface area (Å²) in [5.41, 5.74) is 5.29. The molecule has 2 N–H and O–H groups in total. The maximum Gasteiger partial charge on any atom is 0.150 e. The first kappa shape index (κ1) is 17.4. The van der Waals surface area contributed by atoms with Crippen molar-refractivity contribution in [3.63, 3.8) is 0 Å². The van der Waals surface area contributed by atoms with Crippen molar-refractivity contribution in [1.29, 1.82) is 0 Å². The van der Waals surface area contributed by atoms with E-state index in [1.54, 1.807) is 18.2 Å². The number of phenols is 1. The van der Waals surface area contributed by atoms with Crippen molar-refractivity contribution in [1.82, 2.24) is 9.97 Å². The van der Waals surface area contributed by atoms with Gasteiger partial charge in [-0.3, -0.25) is 5.43 Å². The first-order valence-corrected chi connectivity index (χ1v) is 8.31. The summed E-state index contributed by atoms with van der Waals surface area (Å²) in [4.78, 5) is 8.79. The van der Waals surface area contributed by atoms with Gasteiger partial charge < -0.3 is 9.84 Å². The van der Waals surface area contributed by atoms with Gasteiger partial charge in [-0.2, -0.15) is 5.10 Å². The summed E-state index contributed by atoms with van der Waals surface area (Å²) in [5.74, 6) is 1.95. The predicted octanol–water partition coefficient (Wildman–Crippen LogP) is 4.00. The average molecular weight is 348 g/mol. The van der Waals surface area contributed by atoms with Crippen LogP contribution in [0.15, 0.2) is 59.7 Å². The summed E-state index contributed by atoms with van der Waals surface area (Å²) in [5, 5.41) is 14.2. The molecule has 0 saturated carbocycles. The monoisotopic (exact) mass is 348 g/mol. The molecule has 0 saturated heterocycles. The van der Waals surface area contributed by atoms with Crippen molar-refractivity contribution in [3.05, 3.63) is 66.0 Å². The van der Waals surface area contributed by atoms with E-state index in [1.807, 2.05) is 50.2 Å². The van der Waals surface area contributed by atoms with E-state index < -0.39 is 0 Å². The van der Waals surface area contributed by atoms with Crippen molar-refractivity contribution < 1.29 is 9.84 Å². The van der Waals surface area contributed by atoms with Gasteiger partial charge in [0.15, 0.2) is 0 Å². The Balaban J connectivity index is 1.75. The highest BCUT2D eigenvalue weighted by Crippen LogP contribution is 2.23. The second kappa shape index (κ2) is 8.11. The molecular weight excluding hydrogens is 328 g/mol. The quantitative estimate of drug-likeness (QED) is 0.520. The van der Waals surface area contributed by atoms with Gasteiger partial charge in [-0.15, -0.1) is 0 Å². The Morgan fingerprint density at radius 3 is 2.65 bits per heavy atom. The number of phenolic OH excluding ortho intramolecular Hbond substituents is 1. The third-order valence-electron chi connectivity index (χ3n) is 3.60. The summed E-state index contributed by atoms with van der Waals surface area (Å²) < 4.78 is 5.35. The first-order valence-electron chi connectivity index (χ1n) is 8.31. The minimum absolute atomic E-state index is 0.102. The summed E-state index contributed by atoms with van der Waals surface area (Å²) in [6.07, 6.45) is 1.53. The fraction of sp³-hybridized carbons (Fsp3) is 0.150. The Hall–Kier alpha value is -3.41. The van der Waals surface area contributed by atoms with E-state index in [0.29, 0.717) is 29.6 Å². The number of rotatable bonds is 6. The summed E-state index contributed by atoms with van der Waals surface area (Å²) in [6, 6.07) is 16.8. The molecule has 0 aliphatic carbocycles. The second-order valence-electron chi connectivity index (χ2n) is 5.58. The molecule has 0 unspecified atom stereocenters. The summed E-state index contributed by atoms with van der Waals surface area (Å²) >= 11 is 0. The number of anilines is 1. The molecule has 6 heteroatoms. The highest BCUT2D eigenvalue weighted by atomic mass is 16.5. The van der Waals surface area contributed by atoms with Crippen LogP contribution in [-0.4, -0.2) is 27.9 Å². The van der Waals surface area contributed by atoms with Crippen LogP contribution in [0.4, 0.5) is 5.82 Å². The van der Waals surface area contributed by atoms with Gasteiger partial charge in [0.2, 0.25) is 0 Å². The van der Waals surface area contributed by atoms with Gasteiger partial charge in [-0.25, -0.2) is 9.97 Å². The molecular formula is C20H20N4O2. The number of hydrogen-bond acceptors (Lipinski definition) is 6. The zero-order chi connectivity index (χ0) is 18.4. The third-order valence-corrected chi connectivity index (χ3v) is 3.60. The number of ether oxygens (including phenoxy) is 1. The maximum atomic E-state index is 10.0. The lowest BCUT2D eigenvalue weighted by molar-refractivity contribution is 0.337. The van der Waals surface area contributed by atoms with E-state index in [0.717, 1.165) is 11.3 Å². The number of benzene rings is 2. The minimum atomic E-state index is 0.102. The van der Waals surface area contributed by atoms with E-state index in [2.05, 4.69) is 20.5 Å². The van der Waals surface area contributed by atoms with E-state index in [4.69, 9.17) is 4.74 Å². The van der Waals surface area contributed by atoms with E-state index in [9.17, 15) is 5.11 Å². The van der Waals surface area contributed by atoms with Crippen molar-refractivity contribution in [3.8, 4) is 22.8 Å². The molecule has 132 valence electrons. The van der Waals surface area contributed by atoms with Crippen molar-refractivity contribution in [2.45, 2.75) is 13.8 Å². The van der Waals surface area contributed by atoms with Gasteiger partial charge in [0.05, 0.1) is 18.5 Å². The molecule has 2 aromatic carbocycles. The summed E-state index contributed by atoms with van der Waals surface area (Å²) in [7, 11) is 0. The predicted molar refractivity (Wildman–Crippen MR) is 103 cm³/mol. The van der Waals surface area contributed by atoms with Crippen LogP contribution >= 0.6 is 0 Å². The van der Waals surface area contributed by atoms with Crippen LogP contribution in [0.2, 0.25) is 0 Å². The molecule has 1 aromatic heterocycles. The topological polar surface area (TPSA) is 79.6 Å². The van der Waals surface area contributed by atoms with Crippen LogP contribution in [0.1, 0.15) is 18.3 Å². The van der Waals surface area contributed by atoms with Gasteiger partial charge in [-0.05, 0) is 26.0 Å². The van der Waals surface area contributed by atoms with Gasteiger partial charge in [0.1, 0.15) is 23.1 Å². The highest BCUT2D eigenvalue weighted by molar-refractivity contribution is 5.84. The molecule has 26 heavy (non-hydrogen) atoms. The van der Waals surface area contributed by atoms with Crippen LogP contribution in [0.25, 0.3) is 11.3 Å². The van der Waals surface area contributed by atoms with Gasteiger partial charge in [0, 0.05) is 23.3 Å². The third kappa shape index (κ3) is 4.36. The molecule has 0 fully saturated rings. The van der Waals surface area contributed by atoms with Gasteiger partial charge in [0.25, 0.3) is 0 Å². The first-order chi connectivity index (χ1) is 12.7. The van der Waals surface area contributed by atoms with Crippen LogP contribution in [-0.2, 0) is 0 Å². The van der Waals surface area contributed by atoms with E-state index >= 15 is 0 Å². The molecule has 0 bridgehead atoms. The number of hydrazone groups is 1. The van der Waals surface area contributed by atoms with E-state index in [1.165, 1.54) is 6.21 Å². The fourth-order valence-corrected chi connectivity index (χ4v) is 2.44. The number of nitrogens with zero attached hydrogens (tertiary/aromatic N) is 3. The molecule has 3 aromatic rings. The fourth-order valence-electron chi connectivity index (χ4n) is 2.44. The van der Waals surface area contributed by atoms with Crippen LogP contribution < -0.4 is 10.2 Å². The van der Waals surface area contributed by atoms with Crippen LogP contribution in [0.5, 0.6) is 11.5 Å². The maximum absolute atomic E-state index is 10.0. The Bertz CT molecular complexity index is 911. The highest BCUT2D eigenvalue weighted by Gasteiger charge is 2.04. The number of aromatic hydroxyl groups is 1.